The topological polar surface area (TPSA) is 51.0 Å². The molecular formula is C17H16FN3O. The molecule has 112 valence electrons. The number of benzene rings is 2. The average Bonchev–Trinajstić information content (AvgIpc) is 2.94. The number of nitrogens with zero attached hydrogens (tertiary/aromatic N) is 2. The van der Waals surface area contributed by atoms with Gasteiger partial charge in [-0.05, 0) is 61.4 Å². The molecule has 0 unspecified atom stereocenters. The molecule has 4 nitrogen and oxygen atoms in total. The van der Waals surface area contributed by atoms with Gasteiger partial charge in [-0.3, -0.25) is 0 Å². The van der Waals surface area contributed by atoms with Gasteiger partial charge in [0.2, 0.25) is 11.8 Å². The van der Waals surface area contributed by atoms with E-state index in [2.05, 4.69) is 47.6 Å². The van der Waals surface area contributed by atoms with Gasteiger partial charge in [-0.15, -0.1) is 10.2 Å². The van der Waals surface area contributed by atoms with Crippen LogP contribution in [0.3, 0.4) is 0 Å². The summed E-state index contributed by atoms with van der Waals surface area (Å²) in [5, 5.41) is 11.2. The molecule has 1 heterocycles. The first kappa shape index (κ1) is 14.3. The van der Waals surface area contributed by atoms with Crippen LogP contribution in [0.5, 0.6) is 0 Å². The Morgan fingerprint density at radius 1 is 1.00 bits per heavy atom. The lowest BCUT2D eigenvalue weighted by Gasteiger charge is -2.06. The molecule has 22 heavy (non-hydrogen) atoms. The van der Waals surface area contributed by atoms with Crippen molar-refractivity contribution >= 4 is 5.69 Å². The van der Waals surface area contributed by atoms with E-state index in [1.54, 1.807) is 12.1 Å². The van der Waals surface area contributed by atoms with E-state index in [1.165, 1.54) is 23.3 Å². The van der Waals surface area contributed by atoms with Gasteiger partial charge in [0.05, 0.1) is 6.54 Å². The second-order valence-corrected chi connectivity index (χ2v) is 5.24. The molecule has 2 aromatic carbocycles. The van der Waals surface area contributed by atoms with E-state index in [9.17, 15) is 4.39 Å². The Morgan fingerprint density at radius 3 is 2.36 bits per heavy atom. The van der Waals surface area contributed by atoms with E-state index in [-0.39, 0.29) is 5.82 Å². The van der Waals surface area contributed by atoms with Crippen molar-refractivity contribution in [2.45, 2.75) is 20.4 Å². The highest BCUT2D eigenvalue weighted by Gasteiger charge is 2.08. The van der Waals surface area contributed by atoms with Gasteiger partial charge in [0.25, 0.3) is 0 Å². The van der Waals surface area contributed by atoms with Gasteiger partial charge >= 0.3 is 0 Å². The van der Waals surface area contributed by atoms with Gasteiger partial charge in [0, 0.05) is 11.3 Å². The van der Waals surface area contributed by atoms with Gasteiger partial charge in [0.15, 0.2) is 0 Å². The Kier molecular flexibility index (Phi) is 3.87. The molecule has 1 aromatic heterocycles. The van der Waals surface area contributed by atoms with Crippen LogP contribution >= 0.6 is 0 Å². The van der Waals surface area contributed by atoms with Gasteiger partial charge in [-0.25, -0.2) is 4.39 Å². The van der Waals surface area contributed by atoms with Crippen LogP contribution in [0.15, 0.2) is 46.9 Å². The van der Waals surface area contributed by atoms with Gasteiger partial charge < -0.3 is 9.73 Å². The average molecular weight is 297 g/mol. The Balaban J connectivity index is 1.70. The van der Waals surface area contributed by atoms with Gasteiger partial charge in [0.1, 0.15) is 5.82 Å². The molecule has 5 heteroatoms. The minimum absolute atomic E-state index is 0.292. The molecule has 0 saturated carbocycles. The predicted molar refractivity (Wildman–Crippen MR) is 82.9 cm³/mol. The van der Waals surface area contributed by atoms with Crippen LogP contribution in [0.2, 0.25) is 0 Å². The van der Waals surface area contributed by atoms with Crippen LogP contribution in [0, 0.1) is 19.7 Å². The fourth-order valence-electron chi connectivity index (χ4n) is 2.29. The molecule has 0 aliphatic rings. The second kappa shape index (κ2) is 5.97. The monoisotopic (exact) mass is 297 g/mol. The second-order valence-electron chi connectivity index (χ2n) is 5.24. The molecule has 0 spiro atoms. The van der Waals surface area contributed by atoms with E-state index in [1.807, 2.05) is 0 Å². The lowest BCUT2D eigenvalue weighted by molar-refractivity contribution is 0.515. The molecule has 0 aliphatic carbocycles. The molecular weight excluding hydrogens is 281 g/mol. The molecule has 3 rings (SSSR count). The summed E-state index contributed by atoms with van der Waals surface area (Å²) in [7, 11) is 0. The van der Waals surface area contributed by atoms with Crippen molar-refractivity contribution in [3.05, 3.63) is 65.3 Å². The smallest absolute Gasteiger partial charge is 0.247 e. The molecule has 0 bridgehead atoms. The van der Waals surface area contributed by atoms with E-state index in [0.29, 0.717) is 23.9 Å². The molecule has 0 aliphatic heterocycles. The lowest BCUT2D eigenvalue weighted by Crippen LogP contribution is -2.00. The Labute approximate surface area is 128 Å². The zero-order chi connectivity index (χ0) is 15.5. The van der Waals surface area contributed by atoms with Crippen LogP contribution in [0.25, 0.3) is 11.5 Å². The molecule has 0 saturated heterocycles. The van der Waals surface area contributed by atoms with Crippen molar-refractivity contribution in [2.75, 3.05) is 5.32 Å². The number of nitrogens with one attached hydrogen (secondary N) is 1. The number of anilines is 1. The van der Waals surface area contributed by atoms with E-state index in [0.717, 1.165) is 5.69 Å². The lowest BCUT2D eigenvalue weighted by atomic mass is 10.1. The Bertz CT molecular complexity index is 761. The highest BCUT2D eigenvalue weighted by molar-refractivity contribution is 5.52. The number of hydrogen-bond acceptors (Lipinski definition) is 4. The molecule has 0 radical (unpaired) electrons. The summed E-state index contributed by atoms with van der Waals surface area (Å²) in [6.07, 6.45) is 0. The molecule has 0 amide bonds. The first-order valence-electron chi connectivity index (χ1n) is 7.00. The van der Waals surface area contributed by atoms with Crippen LogP contribution < -0.4 is 5.32 Å². The first-order chi connectivity index (χ1) is 10.6. The van der Waals surface area contributed by atoms with E-state index in [4.69, 9.17) is 4.42 Å². The van der Waals surface area contributed by atoms with E-state index >= 15 is 0 Å². The van der Waals surface area contributed by atoms with Gasteiger partial charge in [-0.1, -0.05) is 6.07 Å². The zero-order valence-electron chi connectivity index (χ0n) is 12.4. The summed E-state index contributed by atoms with van der Waals surface area (Å²) in [6.45, 7) is 4.55. The quantitative estimate of drug-likeness (QED) is 0.787. The molecule has 0 atom stereocenters. The Morgan fingerprint density at radius 2 is 1.68 bits per heavy atom. The first-order valence-corrected chi connectivity index (χ1v) is 7.00. The highest BCUT2D eigenvalue weighted by Crippen LogP contribution is 2.19. The van der Waals surface area contributed by atoms with Crippen molar-refractivity contribution in [3.63, 3.8) is 0 Å². The highest BCUT2D eigenvalue weighted by atomic mass is 19.1. The van der Waals surface area contributed by atoms with Crippen molar-refractivity contribution in [2.24, 2.45) is 0 Å². The maximum absolute atomic E-state index is 12.9. The SMILES string of the molecule is Cc1cc(C)cc(NCc2nnc(-c3ccc(F)cc3)o2)c1. The molecule has 3 aromatic rings. The molecule has 0 fully saturated rings. The minimum Gasteiger partial charge on any atom is -0.419 e. The number of aromatic nitrogens is 2. The number of rotatable bonds is 4. The Hall–Kier alpha value is -2.69. The number of aryl methyl sites for hydroxylation is 2. The van der Waals surface area contributed by atoms with Crippen molar-refractivity contribution in [3.8, 4) is 11.5 Å². The summed E-state index contributed by atoms with van der Waals surface area (Å²) in [5.41, 5.74) is 4.10. The summed E-state index contributed by atoms with van der Waals surface area (Å²) < 4.78 is 18.5. The van der Waals surface area contributed by atoms with E-state index < -0.39 is 0 Å². The number of halogens is 1. The summed E-state index contributed by atoms with van der Waals surface area (Å²) in [6, 6.07) is 12.2. The summed E-state index contributed by atoms with van der Waals surface area (Å²) >= 11 is 0. The third-order valence-electron chi connectivity index (χ3n) is 3.22. The normalized spacial score (nSPS) is 10.7. The standard InChI is InChI=1S/C17H16FN3O/c1-11-7-12(2)9-15(8-11)19-10-16-20-21-17(22-16)13-3-5-14(18)6-4-13/h3-9,19H,10H2,1-2H3. The van der Waals surface area contributed by atoms with Crippen molar-refractivity contribution in [1.82, 2.24) is 10.2 Å². The summed E-state index contributed by atoms with van der Waals surface area (Å²) in [5.74, 6) is 0.579. The zero-order valence-corrected chi connectivity index (χ0v) is 12.4. The van der Waals surface area contributed by atoms with Crippen LogP contribution in [-0.4, -0.2) is 10.2 Å². The third kappa shape index (κ3) is 3.31. The van der Waals surface area contributed by atoms with Crippen LogP contribution in [0.4, 0.5) is 10.1 Å². The van der Waals surface area contributed by atoms with Crippen molar-refractivity contribution in [1.29, 1.82) is 0 Å². The largest absolute Gasteiger partial charge is 0.419 e. The third-order valence-corrected chi connectivity index (χ3v) is 3.22. The van der Waals surface area contributed by atoms with Crippen LogP contribution in [0.1, 0.15) is 17.0 Å². The van der Waals surface area contributed by atoms with Crippen LogP contribution in [-0.2, 0) is 6.54 Å². The maximum Gasteiger partial charge on any atom is 0.247 e. The maximum atomic E-state index is 12.9. The predicted octanol–water partition coefficient (Wildman–Crippen LogP) is 4.10. The summed E-state index contributed by atoms with van der Waals surface area (Å²) in [4.78, 5) is 0. The number of hydrogen-bond donors (Lipinski definition) is 1. The molecule has 1 N–H and O–H groups in total. The van der Waals surface area contributed by atoms with Crippen molar-refractivity contribution < 1.29 is 8.81 Å². The minimum atomic E-state index is -0.292. The fourth-order valence-corrected chi connectivity index (χ4v) is 2.29. The van der Waals surface area contributed by atoms with Gasteiger partial charge in [-0.2, -0.15) is 0 Å². The fraction of sp³-hybridized carbons (Fsp3) is 0.176.